The normalized spacial score (nSPS) is 14.7. The molecule has 2 aromatic carbocycles. The van der Waals surface area contributed by atoms with E-state index >= 15 is 0 Å². The zero-order valence-corrected chi connectivity index (χ0v) is 14.8. The van der Waals surface area contributed by atoms with Gasteiger partial charge in [0.2, 0.25) is 0 Å². The topological polar surface area (TPSA) is 56.6 Å². The number of rotatable bonds is 6. The third-order valence-corrected chi connectivity index (χ3v) is 4.59. The zero-order chi connectivity index (χ0) is 18.2. The fraction of sp³-hybridized carbons (Fsp3) is 0.333. The Morgan fingerprint density at radius 2 is 1.62 bits per heavy atom. The van der Waals surface area contributed by atoms with Gasteiger partial charge < -0.3 is 9.64 Å². The molecule has 5 heteroatoms. The minimum absolute atomic E-state index is 0.0112. The van der Waals surface area contributed by atoms with Gasteiger partial charge in [0, 0.05) is 39.1 Å². The Balaban J connectivity index is 1.46. The minimum Gasteiger partial charge on any atom is -0.484 e. The first-order valence-electron chi connectivity index (χ1n) is 8.91. The molecule has 0 aliphatic carbocycles. The molecule has 26 heavy (non-hydrogen) atoms. The molecule has 134 valence electrons. The van der Waals surface area contributed by atoms with Crippen molar-refractivity contribution < 1.29 is 9.53 Å². The van der Waals surface area contributed by atoms with Crippen molar-refractivity contribution in [1.29, 1.82) is 5.26 Å². The highest BCUT2D eigenvalue weighted by atomic mass is 16.5. The van der Waals surface area contributed by atoms with Crippen LogP contribution in [0.25, 0.3) is 11.1 Å². The van der Waals surface area contributed by atoms with Crippen LogP contribution in [0, 0.1) is 11.3 Å². The molecule has 1 fully saturated rings. The molecule has 1 amide bonds. The van der Waals surface area contributed by atoms with Gasteiger partial charge in [0.1, 0.15) is 5.75 Å². The number of ether oxygens (including phenoxy) is 1. The van der Waals surface area contributed by atoms with Crippen LogP contribution in [-0.2, 0) is 4.79 Å². The van der Waals surface area contributed by atoms with E-state index in [4.69, 9.17) is 10.00 Å². The van der Waals surface area contributed by atoms with Crippen LogP contribution in [0.15, 0.2) is 54.6 Å². The monoisotopic (exact) mass is 349 g/mol. The van der Waals surface area contributed by atoms with E-state index in [0.717, 1.165) is 30.8 Å². The number of piperazine rings is 1. The van der Waals surface area contributed by atoms with Gasteiger partial charge in [0.15, 0.2) is 6.61 Å². The van der Waals surface area contributed by atoms with Gasteiger partial charge in [-0.1, -0.05) is 42.5 Å². The zero-order valence-electron chi connectivity index (χ0n) is 14.8. The van der Waals surface area contributed by atoms with E-state index in [-0.39, 0.29) is 12.5 Å². The maximum Gasteiger partial charge on any atom is 0.260 e. The first-order chi connectivity index (χ1) is 12.8. The van der Waals surface area contributed by atoms with Crippen LogP contribution in [0.1, 0.15) is 6.42 Å². The summed E-state index contributed by atoms with van der Waals surface area (Å²) in [5, 5.41) is 8.64. The predicted octanol–water partition coefficient (Wildman–Crippen LogP) is 2.79. The second-order valence-corrected chi connectivity index (χ2v) is 6.31. The molecule has 0 aromatic heterocycles. The molecule has 2 aromatic rings. The average molecular weight is 349 g/mol. The van der Waals surface area contributed by atoms with Gasteiger partial charge in [-0.25, -0.2) is 0 Å². The minimum atomic E-state index is 0.0112. The van der Waals surface area contributed by atoms with E-state index in [1.165, 1.54) is 0 Å². The molecule has 1 saturated heterocycles. The van der Waals surface area contributed by atoms with Crippen LogP contribution in [0.2, 0.25) is 0 Å². The number of carbonyl (C=O) groups is 1. The van der Waals surface area contributed by atoms with Gasteiger partial charge in [-0.15, -0.1) is 0 Å². The summed E-state index contributed by atoms with van der Waals surface area (Å²) in [6.45, 7) is 3.87. The Hall–Kier alpha value is -2.84. The third kappa shape index (κ3) is 4.84. The average Bonchev–Trinajstić information content (AvgIpc) is 2.72. The van der Waals surface area contributed by atoms with E-state index in [2.05, 4.69) is 23.1 Å². The van der Waals surface area contributed by atoms with Crippen LogP contribution >= 0.6 is 0 Å². The lowest BCUT2D eigenvalue weighted by Crippen LogP contribution is -2.50. The van der Waals surface area contributed by atoms with Crippen molar-refractivity contribution in [1.82, 2.24) is 9.80 Å². The fourth-order valence-corrected chi connectivity index (χ4v) is 3.04. The number of nitriles is 1. The van der Waals surface area contributed by atoms with Crippen LogP contribution in [0.3, 0.4) is 0 Å². The Labute approximate surface area is 154 Å². The quantitative estimate of drug-likeness (QED) is 0.805. The van der Waals surface area contributed by atoms with Crippen molar-refractivity contribution in [2.75, 3.05) is 39.3 Å². The van der Waals surface area contributed by atoms with Crippen LogP contribution in [-0.4, -0.2) is 55.0 Å². The predicted molar refractivity (Wildman–Crippen MR) is 101 cm³/mol. The number of hydrogen-bond donors (Lipinski definition) is 0. The van der Waals surface area contributed by atoms with E-state index in [1.807, 2.05) is 47.4 Å². The maximum atomic E-state index is 12.3. The highest BCUT2D eigenvalue weighted by Gasteiger charge is 2.21. The Morgan fingerprint density at radius 3 is 2.27 bits per heavy atom. The molecule has 0 radical (unpaired) electrons. The summed E-state index contributed by atoms with van der Waals surface area (Å²) in [7, 11) is 0. The molecule has 0 unspecified atom stereocenters. The summed E-state index contributed by atoms with van der Waals surface area (Å²) in [5.41, 5.74) is 2.28. The van der Waals surface area contributed by atoms with Gasteiger partial charge in [-0.3, -0.25) is 9.69 Å². The SMILES string of the molecule is N#CCCN1CCN(C(=O)COc2ccc(-c3ccccc3)cc2)CC1. The molecular weight excluding hydrogens is 326 g/mol. The highest BCUT2D eigenvalue weighted by molar-refractivity contribution is 5.78. The molecular formula is C21H23N3O2. The Morgan fingerprint density at radius 1 is 0.962 bits per heavy atom. The third-order valence-electron chi connectivity index (χ3n) is 4.59. The van der Waals surface area contributed by atoms with Crippen LogP contribution < -0.4 is 4.74 Å². The molecule has 0 atom stereocenters. The number of hydrogen-bond acceptors (Lipinski definition) is 4. The number of amides is 1. The molecule has 0 bridgehead atoms. The first-order valence-corrected chi connectivity index (χ1v) is 8.91. The first kappa shape index (κ1) is 18.0. The molecule has 1 heterocycles. The van der Waals surface area contributed by atoms with Gasteiger partial charge in [-0.05, 0) is 23.3 Å². The summed E-state index contributed by atoms with van der Waals surface area (Å²) in [6, 6.07) is 20.1. The largest absolute Gasteiger partial charge is 0.484 e. The summed E-state index contributed by atoms with van der Waals surface area (Å²) in [4.78, 5) is 16.4. The van der Waals surface area contributed by atoms with Crippen molar-refractivity contribution in [3.8, 4) is 22.9 Å². The van der Waals surface area contributed by atoms with Crippen molar-refractivity contribution in [2.24, 2.45) is 0 Å². The standard InChI is InChI=1S/C21H23N3O2/c22-11-4-12-23-13-15-24(16-14-23)21(25)17-26-20-9-7-19(8-10-20)18-5-2-1-3-6-18/h1-3,5-10H,4,12-17H2. The van der Waals surface area contributed by atoms with Crippen molar-refractivity contribution in [3.05, 3.63) is 54.6 Å². The van der Waals surface area contributed by atoms with Gasteiger partial charge >= 0.3 is 0 Å². The van der Waals surface area contributed by atoms with E-state index in [9.17, 15) is 4.79 Å². The molecule has 1 aliphatic rings. The molecule has 1 aliphatic heterocycles. The fourth-order valence-electron chi connectivity index (χ4n) is 3.04. The molecule has 5 nitrogen and oxygen atoms in total. The lowest BCUT2D eigenvalue weighted by Gasteiger charge is -2.34. The van der Waals surface area contributed by atoms with Crippen LogP contribution in [0.5, 0.6) is 5.75 Å². The number of nitrogens with zero attached hydrogens (tertiary/aromatic N) is 3. The smallest absolute Gasteiger partial charge is 0.260 e. The molecule has 3 rings (SSSR count). The summed E-state index contributed by atoms with van der Waals surface area (Å²) >= 11 is 0. The molecule has 0 saturated carbocycles. The number of benzene rings is 2. The summed E-state index contributed by atoms with van der Waals surface area (Å²) in [6.07, 6.45) is 0.538. The maximum absolute atomic E-state index is 12.3. The van der Waals surface area contributed by atoms with Crippen molar-refractivity contribution >= 4 is 5.91 Å². The van der Waals surface area contributed by atoms with Crippen molar-refractivity contribution in [2.45, 2.75) is 6.42 Å². The van der Waals surface area contributed by atoms with E-state index in [0.29, 0.717) is 25.3 Å². The van der Waals surface area contributed by atoms with Crippen LogP contribution in [0.4, 0.5) is 0 Å². The lowest BCUT2D eigenvalue weighted by molar-refractivity contribution is -0.135. The van der Waals surface area contributed by atoms with E-state index < -0.39 is 0 Å². The van der Waals surface area contributed by atoms with Gasteiger partial charge in [-0.2, -0.15) is 5.26 Å². The molecule has 0 N–H and O–H groups in total. The highest BCUT2D eigenvalue weighted by Crippen LogP contribution is 2.22. The Bertz CT molecular complexity index is 745. The Kier molecular flexibility index (Phi) is 6.24. The van der Waals surface area contributed by atoms with E-state index in [1.54, 1.807) is 0 Å². The van der Waals surface area contributed by atoms with Crippen molar-refractivity contribution in [3.63, 3.8) is 0 Å². The van der Waals surface area contributed by atoms with Gasteiger partial charge in [0.25, 0.3) is 5.91 Å². The molecule has 0 spiro atoms. The second-order valence-electron chi connectivity index (χ2n) is 6.31. The summed E-state index contributed by atoms with van der Waals surface area (Å²) < 4.78 is 5.66. The summed E-state index contributed by atoms with van der Waals surface area (Å²) in [5.74, 6) is 0.711. The number of carbonyl (C=O) groups excluding carboxylic acids is 1. The lowest BCUT2D eigenvalue weighted by atomic mass is 10.1. The second kappa shape index (κ2) is 9.02. The van der Waals surface area contributed by atoms with Gasteiger partial charge in [0.05, 0.1) is 6.07 Å².